The number of alkyl halides is 1. The van der Waals surface area contributed by atoms with Gasteiger partial charge < -0.3 is 0 Å². The van der Waals surface area contributed by atoms with E-state index in [1.165, 1.54) is 5.56 Å². The van der Waals surface area contributed by atoms with Crippen LogP contribution in [0.25, 0.3) is 0 Å². The number of halogens is 1. The third kappa shape index (κ3) is 3.88. The molecular formula is C11H16BrNO2S. The molecule has 0 saturated carbocycles. The molecule has 1 rings (SSSR count). The van der Waals surface area contributed by atoms with E-state index in [-0.39, 0.29) is 0 Å². The fourth-order valence-corrected chi connectivity index (χ4v) is 2.17. The number of hydrogen-bond acceptors (Lipinski definition) is 2. The van der Waals surface area contributed by atoms with Crippen LogP contribution in [0.1, 0.15) is 25.0 Å². The molecule has 3 nitrogen and oxygen atoms in total. The van der Waals surface area contributed by atoms with Crippen molar-refractivity contribution in [1.82, 2.24) is 4.72 Å². The first kappa shape index (κ1) is 13.7. The van der Waals surface area contributed by atoms with Crippen LogP contribution < -0.4 is 4.72 Å². The lowest BCUT2D eigenvalue weighted by Gasteiger charge is -2.09. The Kier molecular flexibility index (Phi) is 4.95. The molecule has 0 saturated heterocycles. The molecule has 1 N–H and O–H groups in total. The average molecular weight is 306 g/mol. The zero-order chi connectivity index (χ0) is 12.2. The van der Waals surface area contributed by atoms with E-state index in [2.05, 4.69) is 20.7 Å². The van der Waals surface area contributed by atoms with Crippen molar-refractivity contribution in [2.45, 2.75) is 31.0 Å². The van der Waals surface area contributed by atoms with E-state index in [0.29, 0.717) is 6.54 Å². The number of sulfonamides is 1. The second kappa shape index (κ2) is 5.80. The second-order valence-corrected chi connectivity index (χ2v) is 6.75. The van der Waals surface area contributed by atoms with E-state index < -0.39 is 15.3 Å². The van der Waals surface area contributed by atoms with Gasteiger partial charge in [0.05, 0.1) is 5.25 Å². The van der Waals surface area contributed by atoms with Gasteiger partial charge in [-0.15, -0.1) is 0 Å². The Labute approximate surface area is 105 Å². The summed E-state index contributed by atoms with van der Waals surface area (Å²) in [6.07, 6.45) is 0. The molecule has 90 valence electrons. The minimum atomic E-state index is -3.17. The molecule has 0 fully saturated rings. The Bertz CT molecular complexity index is 426. The van der Waals surface area contributed by atoms with E-state index >= 15 is 0 Å². The highest BCUT2D eigenvalue weighted by molar-refractivity contribution is 9.08. The normalized spacial score (nSPS) is 12.0. The van der Waals surface area contributed by atoms with Gasteiger partial charge in [0.15, 0.2) is 0 Å². The Morgan fingerprint density at radius 1 is 1.19 bits per heavy atom. The third-order valence-corrected chi connectivity index (χ3v) is 4.71. The molecule has 5 heteroatoms. The minimum Gasteiger partial charge on any atom is -0.212 e. The molecule has 0 unspecified atom stereocenters. The fraction of sp³-hybridized carbons (Fsp3) is 0.455. The van der Waals surface area contributed by atoms with Crippen LogP contribution in [-0.4, -0.2) is 13.7 Å². The van der Waals surface area contributed by atoms with Gasteiger partial charge in [-0.1, -0.05) is 40.2 Å². The molecule has 1 aromatic rings. The summed E-state index contributed by atoms with van der Waals surface area (Å²) in [5.41, 5.74) is 2.14. The van der Waals surface area contributed by atoms with E-state index in [1.54, 1.807) is 13.8 Å². The van der Waals surface area contributed by atoms with Gasteiger partial charge in [0.1, 0.15) is 0 Å². The van der Waals surface area contributed by atoms with E-state index in [1.807, 2.05) is 24.3 Å². The predicted molar refractivity (Wildman–Crippen MR) is 70.0 cm³/mol. The summed E-state index contributed by atoms with van der Waals surface area (Å²) < 4.78 is 25.6. The largest absolute Gasteiger partial charge is 0.214 e. The van der Waals surface area contributed by atoms with Crippen molar-refractivity contribution < 1.29 is 8.42 Å². The second-order valence-electron chi connectivity index (χ2n) is 3.87. The van der Waals surface area contributed by atoms with Gasteiger partial charge in [-0.05, 0) is 25.0 Å². The Hall–Kier alpha value is -0.390. The van der Waals surface area contributed by atoms with Gasteiger partial charge in [0, 0.05) is 11.9 Å². The van der Waals surface area contributed by atoms with Crippen LogP contribution in [0, 0.1) is 0 Å². The summed E-state index contributed by atoms with van der Waals surface area (Å²) in [5, 5.41) is 0.416. The molecule has 1 aromatic carbocycles. The Balaban J connectivity index is 2.62. The molecule has 0 bridgehead atoms. The van der Waals surface area contributed by atoms with Crippen LogP contribution >= 0.6 is 15.9 Å². The maximum absolute atomic E-state index is 11.5. The fourth-order valence-electron chi connectivity index (χ4n) is 1.10. The molecule has 0 radical (unpaired) electrons. The van der Waals surface area contributed by atoms with Crippen molar-refractivity contribution in [2.75, 3.05) is 0 Å². The highest BCUT2D eigenvalue weighted by Crippen LogP contribution is 2.08. The van der Waals surface area contributed by atoms with Crippen LogP contribution in [0.3, 0.4) is 0 Å². The predicted octanol–water partition coefficient (Wildman–Crippen LogP) is 2.41. The van der Waals surface area contributed by atoms with Crippen molar-refractivity contribution >= 4 is 26.0 Å². The van der Waals surface area contributed by atoms with Gasteiger partial charge in [-0.3, -0.25) is 0 Å². The molecular weight excluding hydrogens is 290 g/mol. The molecule has 0 aromatic heterocycles. The quantitative estimate of drug-likeness (QED) is 0.849. The summed E-state index contributed by atoms with van der Waals surface area (Å²) in [7, 11) is -3.17. The summed E-state index contributed by atoms with van der Waals surface area (Å²) in [5.74, 6) is 0. The first-order valence-electron chi connectivity index (χ1n) is 5.08. The topological polar surface area (TPSA) is 46.2 Å². The molecule has 0 spiro atoms. The first-order chi connectivity index (χ1) is 7.45. The number of benzene rings is 1. The van der Waals surface area contributed by atoms with Crippen molar-refractivity contribution in [1.29, 1.82) is 0 Å². The van der Waals surface area contributed by atoms with E-state index in [9.17, 15) is 8.42 Å². The number of nitrogens with one attached hydrogen (secondary N) is 1. The van der Waals surface area contributed by atoms with Crippen LogP contribution in [0.15, 0.2) is 24.3 Å². The number of hydrogen-bond donors (Lipinski definition) is 1. The first-order valence-corrected chi connectivity index (χ1v) is 7.74. The summed E-state index contributed by atoms with van der Waals surface area (Å²) >= 11 is 3.36. The average Bonchev–Trinajstić information content (AvgIpc) is 2.27. The van der Waals surface area contributed by atoms with Gasteiger partial charge in [-0.25, -0.2) is 13.1 Å². The third-order valence-electron chi connectivity index (χ3n) is 2.28. The molecule has 0 aliphatic carbocycles. The maximum atomic E-state index is 11.5. The standard InChI is InChI=1S/C11H16BrNO2S/c1-9(2)16(14,15)13-8-11-5-3-10(7-12)4-6-11/h3-6,9,13H,7-8H2,1-2H3. The highest BCUT2D eigenvalue weighted by atomic mass is 79.9. The lowest BCUT2D eigenvalue weighted by atomic mass is 10.2. The molecule has 0 heterocycles. The van der Waals surface area contributed by atoms with Gasteiger partial charge >= 0.3 is 0 Å². The molecule has 0 aliphatic heterocycles. The van der Waals surface area contributed by atoms with Crippen LogP contribution in [0.4, 0.5) is 0 Å². The van der Waals surface area contributed by atoms with Crippen LogP contribution in [0.2, 0.25) is 0 Å². The lowest BCUT2D eigenvalue weighted by molar-refractivity contribution is 0.572. The zero-order valence-corrected chi connectivity index (χ0v) is 11.8. The maximum Gasteiger partial charge on any atom is 0.214 e. The van der Waals surface area contributed by atoms with Gasteiger partial charge in [0.25, 0.3) is 0 Å². The molecule has 16 heavy (non-hydrogen) atoms. The molecule has 0 amide bonds. The Morgan fingerprint density at radius 2 is 1.69 bits per heavy atom. The van der Waals surface area contributed by atoms with Gasteiger partial charge in [0.2, 0.25) is 10.0 Å². The van der Waals surface area contributed by atoms with Crippen LogP contribution in [0.5, 0.6) is 0 Å². The summed E-state index contributed by atoms with van der Waals surface area (Å²) in [6, 6.07) is 7.82. The summed E-state index contributed by atoms with van der Waals surface area (Å²) in [6.45, 7) is 3.68. The van der Waals surface area contributed by atoms with Crippen molar-refractivity contribution in [3.63, 3.8) is 0 Å². The highest BCUT2D eigenvalue weighted by Gasteiger charge is 2.14. The van der Waals surface area contributed by atoms with Gasteiger partial charge in [-0.2, -0.15) is 0 Å². The minimum absolute atomic E-state index is 0.350. The lowest BCUT2D eigenvalue weighted by Crippen LogP contribution is -2.30. The number of rotatable bonds is 5. The van der Waals surface area contributed by atoms with Crippen molar-refractivity contribution in [2.24, 2.45) is 0 Å². The molecule has 0 atom stereocenters. The Morgan fingerprint density at radius 3 is 2.12 bits per heavy atom. The van der Waals surface area contributed by atoms with Crippen molar-refractivity contribution in [3.8, 4) is 0 Å². The van der Waals surface area contributed by atoms with Crippen molar-refractivity contribution in [3.05, 3.63) is 35.4 Å². The zero-order valence-electron chi connectivity index (χ0n) is 9.40. The summed E-state index contributed by atoms with van der Waals surface area (Å²) in [4.78, 5) is 0. The van der Waals surface area contributed by atoms with Crippen LogP contribution in [-0.2, 0) is 21.9 Å². The van der Waals surface area contributed by atoms with E-state index in [4.69, 9.17) is 0 Å². The monoisotopic (exact) mass is 305 g/mol. The SMILES string of the molecule is CC(C)S(=O)(=O)NCc1ccc(CBr)cc1. The smallest absolute Gasteiger partial charge is 0.212 e. The molecule has 0 aliphatic rings. The van der Waals surface area contributed by atoms with E-state index in [0.717, 1.165) is 10.9 Å².